The smallest absolute Gasteiger partial charge is 0.123 e. The minimum atomic E-state index is -0.294. The summed E-state index contributed by atoms with van der Waals surface area (Å²) in [5, 5.41) is 12.9. The van der Waals surface area contributed by atoms with E-state index in [9.17, 15) is 9.65 Å². The molecule has 0 bridgehead atoms. The summed E-state index contributed by atoms with van der Waals surface area (Å²) in [6.07, 6.45) is 2.66. The first kappa shape index (κ1) is 15.9. The van der Waals surface area contributed by atoms with Gasteiger partial charge in [-0.05, 0) is 50.0 Å². The van der Waals surface area contributed by atoms with Crippen molar-refractivity contribution in [1.82, 2.24) is 5.32 Å². The van der Waals surface area contributed by atoms with Gasteiger partial charge >= 0.3 is 0 Å². The second-order valence-corrected chi connectivity index (χ2v) is 5.03. The van der Waals surface area contributed by atoms with E-state index in [1.165, 1.54) is 12.1 Å². The van der Waals surface area contributed by atoms with Crippen molar-refractivity contribution in [2.75, 3.05) is 13.1 Å². The van der Waals surface area contributed by atoms with Crippen LogP contribution < -0.4 is 5.32 Å². The van der Waals surface area contributed by atoms with Crippen LogP contribution >= 0.6 is 12.4 Å². The normalized spacial score (nSPS) is 19.0. The lowest BCUT2D eigenvalue weighted by Gasteiger charge is -2.38. The van der Waals surface area contributed by atoms with Crippen molar-refractivity contribution >= 4 is 12.4 Å². The third-order valence-electron chi connectivity index (χ3n) is 4.07. The number of benzene rings is 1. The third-order valence-corrected chi connectivity index (χ3v) is 4.07. The third kappa shape index (κ3) is 3.26. The Balaban J connectivity index is 0.00000180. The number of piperidine rings is 1. The number of rotatable bonds is 3. The van der Waals surface area contributed by atoms with Crippen LogP contribution in [0.1, 0.15) is 37.7 Å². The van der Waals surface area contributed by atoms with Crippen molar-refractivity contribution in [3.63, 3.8) is 0 Å². The van der Waals surface area contributed by atoms with E-state index in [1.54, 1.807) is 0 Å². The number of nitrogens with zero attached hydrogens (tertiary/aromatic N) is 1. The van der Waals surface area contributed by atoms with E-state index in [1.807, 2.05) is 12.1 Å². The zero-order valence-electron chi connectivity index (χ0n) is 11.2. The monoisotopic (exact) mass is 282 g/mol. The van der Waals surface area contributed by atoms with E-state index in [-0.39, 0.29) is 29.6 Å². The van der Waals surface area contributed by atoms with Crippen LogP contribution in [-0.2, 0) is 0 Å². The highest BCUT2D eigenvalue weighted by molar-refractivity contribution is 5.85. The lowest BCUT2D eigenvalue weighted by Crippen LogP contribution is -2.39. The molecule has 104 valence electrons. The number of halogens is 2. The summed E-state index contributed by atoms with van der Waals surface area (Å²) in [7, 11) is 0. The molecule has 2 rings (SSSR count). The molecule has 0 saturated carbocycles. The van der Waals surface area contributed by atoms with Gasteiger partial charge in [-0.15, -0.1) is 12.4 Å². The van der Waals surface area contributed by atoms with Crippen LogP contribution in [0.2, 0.25) is 0 Å². The van der Waals surface area contributed by atoms with Crippen LogP contribution in [0.4, 0.5) is 4.39 Å². The molecule has 19 heavy (non-hydrogen) atoms. The average Bonchev–Trinajstić information content (AvgIpc) is 2.43. The second kappa shape index (κ2) is 6.88. The van der Waals surface area contributed by atoms with E-state index in [4.69, 9.17) is 0 Å². The predicted molar refractivity (Wildman–Crippen MR) is 76.8 cm³/mol. The predicted octanol–water partition coefficient (Wildman–Crippen LogP) is 3.63. The Morgan fingerprint density at radius 1 is 1.32 bits per heavy atom. The van der Waals surface area contributed by atoms with Crippen molar-refractivity contribution in [1.29, 1.82) is 5.26 Å². The zero-order chi connectivity index (χ0) is 13.0. The van der Waals surface area contributed by atoms with Gasteiger partial charge in [0.05, 0.1) is 11.5 Å². The molecule has 1 heterocycles. The maximum absolute atomic E-state index is 13.0. The highest BCUT2D eigenvalue weighted by Gasteiger charge is 2.39. The Labute approximate surface area is 120 Å². The molecular formula is C15H20ClFN2. The van der Waals surface area contributed by atoms with Gasteiger partial charge in [-0.3, -0.25) is 0 Å². The Morgan fingerprint density at radius 3 is 2.37 bits per heavy atom. The molecule has 1 saturated heterocycles. The van der Waals surface area contributed by atoms with Crippen molar-refractivity contribution in [3.05, 3.63) is 35.6 Å². The van der Waals surface area contributed by atoms with Gasteiger partial charge in [0.1, 0.15) is 5.82 Å². The summed E-state index contributed by atoms with van der Waals surface area (Å²) in [4.78, 5) is 0. The molecule has 4 heteroatoms. The van der Waals surface area contributed by atoms with E-state index in [2.05, 4.69) is 18.3 Å². The fourth-order valence-corrected chi connectivity index (χ4v) is 3.05. The Morgan fingerprint density at radius 2 is 1.89 bits per heavy atom. The van der Waals surface area contributed by atoms with E-state index >= 15 is 0 Å². The molecule has 1 aromatic carbocycles. The fraction of sp³-hybridized carbons (Fsp3) is 0.533. The standard InChI is InChI=1S/C15H19FN2.ClH/c1-2-14(12-3-5-13(16)6-4-12)15(11-17)7-9-18-10-8-15;/h3-6,14,18H,2,7-10H2,1H3;1H. The number of hydrogen-bond acceptors (Lipinski definition) is 2. The first-order valence-electron chi connectivity index (χ1n) is 6.59. The largest absolute Gasteiger partial charge is 0.317 e. The van der Waals surface area contributed by atoms with Crippen LogP contribution in [0.15, 0.2) is 24.3 Å². The van der Waals surface area contributed by atoms with Gasteiger partial charge in [-0.1, -0.05) is 19.1 Å². The van der Waals surface area contributed by atoms with Gasteiger partial charge in [0.2, 0.25) is 0 Å². The molecule has 0 amide bonds. The lowest BCUT2D eigenvalue weighted by molar-refractivity contribution is 0.223. The van der Waals surface area contributed by atoms with Gasteiger partial charge in [0.15, 0.2) is 0 Å². The molecule has 0 aromatic heterocycles. The summed E-state index contributed by atoms with van der Waals surface area (Å²) in [5.74, 6) is -0.0184. The summed E-state index contributed by atoms with van der Waals surface area (Å²) in [6.45, 7) is 3.89. The Hall–Kier alpha value is -1.11. The molecule has 1 fully saturated rings. The van der Waals surface area contributed by atoms with Crippen LogP contribution in [-0.4, -0.2) is 13.1 Å². The van der Waals surface area contributed by atoms with Crippen LogP contribution in [0, 0.1) is 22.6 Å². The average molecular weight is 283 g/mol. The van der Waals surface area contributed by atoms with Crippen molar-refractivity contribution in [2.24, 2.45) is 5.41 Å². The topological polar surface area (TPSA) is 35.8 Å². The summed E-state index contributed by atoms with van der Waals surface area (Å²) < 4.78 is 13.0. The molecule has 1 unspecified atom stereocenters. The van der Waals surface area contributed by atoms with Crippen molar-refractivity contribution in [3.8, 4) is 6.07 Å². The fourth-order valence-electron chi connectivity index (χ4n) is 3.05. The molecular weight excluding hydrogens is 263 g/mol. The Kier molecular flexibility index (Phi) is 5.78. The number of nitriles is 1. The minimum Gasteiger partial charge on any atom is -0.317 e. The van der Waals surface area contributed by atoms with Gasteiger partial charge in [0.25, 0.3) is 0 Å². The summed E-state index contributed by atoms with van der Waals surface area (Å²) >= 11 is 0. The van der Waals surface area contributed by atoms with Gasteiger partial charge in [-0.25, -0.2) is 4.39 Å². The SMILES string of the molecule is CCC(c1ccc(F)cc1)C1(C#N)CCNCC1.Cl. The summed E-state index contributed by atoms with van der Waals surface area (Å²) in [5.41, 5.74) is 0.792. The quantitative estimate of drug-likeness (QED) is 0.919. The molecule has 2 nitrogen and oxygen atoms in total. The maximum atomic E-state index is 13.0. The first-order chi connectivity index (χ1) is 8.72. The van der Waals surface area contributed by atoms with E-state index in [0.29, 0.717) is 0 Å². The van der Waals surface area contributed by atoms with Crippen molar-refractivity contribution in [2.45, 2.75) is 32.1 Å². The van der Waals surface area contributed by atoms with Gasteiger partial charge in [-0.2, -0.15) is 5.26 Å². The van der Waals surface area contributed by atoms with Gasteiger partial charge < -0.3 is 5.32 Å². The van der Waals surface area contributed by atoms with Crippen molar-refractivity contribution < 1.29 is 4.39 Å². The Bertz CT molecular complexity index is 432. The molecule has 1 N–H and O–H groups in total. The second-order valence-electron chi connectivity index (χ2n) is 5.03. The molecule has 1 aromatic rings. The van der Waals surface area contributed by atoms with Crippen LogP contribution in [0.25, 0.3) is 0 Å². The first-order valence-corrected chi connectivity index (χ1v) is 6.59. The van der Waals surface area contributed by atoms with Crippen LogP contribution in [0.5, 0.6) is 0 Å². The highest BCUT2D eigenvalue weighted by atomic mass is 35.5. The molecule has 1 atom stereocenters. The lowest BCUT2D eigenvalue weighted by atomic mass is 9.66. The minimum absolute atomic E-state index is 0. The van der Waals surface area contributed by atoms with Gasteiger partial charge in [0, 0.05) is 5.92 Å². The number of hydrogen-bond donors (Lipinski definition) is 1. The zero-order valence-corrected chi connectivity index (χ0v) is 12.0. The van der Waals surface area contributed by atoms with E-state index < -0.39 is 0 Å². The van der Waals surface area contributed by atoms with E-state index in [0.717, 1.165) is 37.9 Å². The molecule has 0 spiro atoms. The molecule has 0 aliphatic carbocycles. The summed E-state index contributed by atoms with van der Waals surface area (Å²) in [6, 6.07) is 9.18. The highest BCUT2D eigenvalue weighted by Crippen LogP contribution is 2.44. The maximum Gasteiger partial charge on any atom is 0.123 e. The van der Waals surface area contributed by atoms with Crippen LogP contribution in [0.3, 0.4) is 0 Å². The number of nitrogens with one attached hydrogen (secondary N) is 1. The molecule has 1 aliphatic heterocycles. The molecule has 0 radical (unpaired) electrons. The molecule has 1 aliphatic rings.